The Kier molecular flexibility index (Phi) is 11.5. The van der Waals surface area contributed by atoms with Crippen molar-refractivity contribution in [2.24, 2.45) is 0 Å². The summed E-state index contributed by atoms with van der Waals surface area (Å²) < 4.78 is 9.23. The summed E-state index contributed by atoms with van der Waals surface area (Å²) in [5.74, 6) is 2.41. The van der Waals surface area contributed by atoms with Gasteiger partial charge in [0.1, 0.15) is 24.0 Å². The smallest absolute Gasteiger partial charge is 0.137 e. The van der Waals surface area contributed by atoms with Crippen molar-refractivity contribution in [3.63, 3.8) is 0 Å². The molecule has 2 aliphatic carbocycles. The number of anilines is 4. The van der Waals surface area contributed by atoms with E-state index in [2.05, 4.69) is 307 Å². The number of aromatic nitrogens is 2. The third-order valence-electron chi connectivity index (χ3n) is 18.2. The topological polar surface area (TPSA) is 33.5 Å². The fourth-order valence-electron chi connectivity index (χ4n) is 14.0. The van der Waals surface area contributed by atoms with E-state index in [1.165, 1.54) is 94.5 Å². The van der Waals surface area contributed by atoms with Crippen molar-refractivity contribution >= 4 is 44.6 Å². The molecule has 0 fully saturated rings. The molecule has 1 spiro atoms. The summed E-state index contributed by atoms with van der Waals surface area (Å²) >= 11 is 0. The third kappa shape index (κ3) is 7.99. The van der Waals surface area contributed by atoms with Gasteiger partial charge in [-0.25, -0.2) is 4.98 Å². The summed E-state index contributed by atoms with van der Waals surface area (Å²) in [5.41, 5.74) is 25.2. The summed E-state index contributed by atoms with van der Waals surface area (Å²) in [6.45, 7) is 21.3. The first-order valence-corrected chi connectivity index (χ1v) is 29.7. The van der Waals surface area contributed by atoms with Crippen molar-refractivity contribution in [2.75, 3.05) is 16.5 Å². The monoisotopic (exact) mass is 1090 g/mol. The SMILES string of the molecule is CC(C)(C)c1cc(-c2cccc(-c3ccc4c(c3)C3(c5ccccc5-c5ccccc53)c3ccccc3-4)c2N2CN(c3cccc(Oc4ccc5c6ccccc6n(-c6cc(C(C)(C)C)ccn6)c5c4)c3)c3ccccc32)cc(C(C)(C)C)c1. The van der Waals surface area contributed by atoms with Gasteiger partial charge >= 0.3 is 0 Å². The van der Waals surface area contributed by atoms with Crippen LogP contribution in [0.2, 0.25) is 0 Å². The van der Waals surface area contributed by atoms with Crippen LogP contribution in [0.4, 0.5) is 22.7 Å². The molecule has 410 valence electrons. The van der Waals surface area contributed by atoms with Crippen LogP contribution in [0.1, 0.15) is 101 Å². The van der Waals surface area contributed by atoms with Gasteiger partial charge in [-0.05, 0) is 149 Å². The maximum Gasteiger partial charge on any atom is 0.137 e. The molecule has 0 atom stereocenters. The lowest BCUT2D eigenvalue weighted by molar-refractivity contribution is 0.483. The van der Waals surface area contributed by atoms with E-state index in [0.29, 0.717) is 6.67 Å². The van der Waals surface area contributed by atoms with Gasteiger partial charge in [0, 0.05) is 45.9 Å². The number of para-hydroxylation sites is 4. The Morgan fingerprint density at radius 1 is 0.381 bits per heavy atom. The second-order valence-electron chi connectivity index (χ2n) is 26.4. The predicted molar refractivity (Wildman–Crippen MR) is 350 cm³/mol. The first-order valence-electron chi connectivity index (χ1n) is 29.7. The van der Waals surface area contributed by atoms with Crippen LogP contribution in [0, 0.1) is 0 Å². The van der Waals surface area contributed by atoms with Crippen molar-refractivity contribution in [2.45, 2.75) is 84.0 Å². The normalized spacial score (nSPS) is 14.0. The molecule has 0 amide bonds. The summed E-state index contributed by atoms with van der Waals surface area (Å²) in [6.07, 6.45) is 1.93. The van der Waals surface area contributed by atoms with Crippen LogP contribution < -0.4 is 14.5 Å². The zero-order valence-corrected chi connectivity index (χ0v) is 49.4. The summed E-state index contributed by atoms with van der Waals surface area (Å²) in [4.78, 5) is 9.97. The van der Waals surface area contributed by atoms with Crippen LogP contribution in [0.25, 0.3) is 72.1 Å². The highest BCUT2D eigenvalue weighted by atomic mass is 16.5. The average molecular weight is 1090 g/mol. The van der Waals surface area contributed by atoms with Gasteiger partial charge in [-0.15, -0.1) is 0 Å². The molecule has 2 aromatic heterocycles. The lowest BCUT2D eigenvalue weighted by Crippen LogP contribution is -2.26. The zero-order chi connectivity index (χ0) is 57.4. The van der Waals surface area contributed by atoms with Gasteiger partial charge in [0.2, 0.25) is 0 Å². The number of pyridine rings is 1. The minimum atomic E-state index is -0.473. The second-order valence-corrected chi connectivity index (χ2v) is 26.4. The summed E-state index contributed by atoms with van der Waals surface area (Å²) in [7, 11) is 0. The van der Waals surface area contributed by atoms with Crippen LogP contribution in [0.15, 0.2) is 237 Å². The fraction of sp³-hybridized carbons (Fsp3) is 0.177. The summed E-state index contributed by atoms with van der Waals surface area (Å²) in [6, 6.07) is 85.9. The Morgan fingerprint density at radius 2 is 0.917 bits per heavy atom. The summed E-state index contributed by atoms with van der Waals surface area (Å²) in [5, 5.41) is 2.33. The van der Waals surface area contributed by atoms with Crippen molar-refractivity contribution in [3.05, 3.63) is 276 Å². The third-order valence-corrected chi connectivity index (χ3v) is 18.2. The minimum absolute atomic E-state index is 0.0288. The van der Waals surface area contributed by atoms with Gasteiger partial charge in [0.25, 0.3) is 0 Å². The molecule has 3 heterocycles. The molecule has 10 aromatic carbocycles. The molecule has 0 unspecified atom stereocenters. The van der Waals surface area contributed by atoms with E-state index >= 15 is 0 Å². The molecule has 0 bridgehead atoms. The molecular formula is C79H68N4O. The molecule has 15 rings (SSSR count). The van der Waals surface area contributed by atoms with E-state index in [-0.39, 0.29) is 16.2 Å². The Morgan fingerprint density at radius 3 is 1.57 bits per heavy atom. The molecular weight excluding hydrogens is 1020 g/mol. The number of benzene rings is 10. The van der Waals surface area contributed by atoms with E-state index in [1.807, 2.05) is 6.20 Å². The van der Waals surface area contributed by atoms with Crippen molar-refractivity contribution in [1.82, 2.24) is 9.55 Å². The average Bonchev–Trinajstić information content (AvgIpc) is 1.57. The predicted octanol–water partition coefficient (Wildman–Crippen LogP) is 20.8. The van der Waals surface area contributed by atoms with Gasteiger partial charge in [-0.3, -0.25) is 4.57 Å². The molecule has 84 heavy (non-hydrogen) atoms. The van der Waals surface area contributed by atoms with Crippen molar-refractivity contribution in [1.29, 1.82) is 0 Å². The molecule has 12 aromatic rings. The van der Waals surface area contributed by atoms with Crippen molar-refractivity contribution in [3.8, 4) is 61.8 Å². The highest BCUT2D eigenvalue weighted by molar-refractivity contribution is 6.09. The number of hydrogen-bond donors (Lipinski definition) is 0. The zero-order valence-electron chi connectivity index (χ0n) is 49.4. The number of fused-ring (bicyclic) bond motifs is 14. The van der Waals surface area contributed by atoms with Gasteiger partial charge in [-0.1, -0.05) is 220 Å². The van der Waals surface area contributed by atoms with Crippen LogP contribution in [0.3, 0.4) is 0 Å². The largest absolute Gasteiger partial charge is 0.457 e. The molecule has 1 aliphatic heterocycles. The van der Waals surface area contributed by atoms with Crippen LogP contribution in [-0.2, 0) is 21.7 Å². The molecule has 5 nitrogen and oxygen atoms in total. The lowest BCUT2D eigenvalue weighted by Gasteiger charge is -2.31. The molecule has 3 aliphatic rings. The van der Waals surface area contributed by atoms with E-state index < -0.39 is 5.41 Å². The van der Waals surface area contributed by atoms with Gasteiger partial charge in [0.05, 0.1) is 33.5 Å². The van der Waals surface area contributed by atoms with Crippen LogP contribution in [-0.4, -0.2) is 16.2 Å². The standard InChI is InChI=1S/C79H68N4O/c1-76(2,3)52-40-41-80-74(46-52)83-70-33-17-13-27-64(70)65-39-37-57(48-73(65)83)84-56-23-20-22-55(47-56)81-49-82(72-35-19-18-34-71(72)81)75-58(28-21-29-59(75)51-42-53(77(4,5)6)45-54(43-51)78(7,8)9)50-36-38-63-62-26-12-16-32-68(62)79(69(63)44-50)66-30-14-10-24-60(66)61-25-11-15-31-67(61)79/h10-48H,49H2,1-9H3. The number of rotatable bonds is 7. The Balaban J connectivity index is 0.877. The molecule has 0 saturated carbocycles. The Labute approximate surface area is 494 Å². The van der Waals surface area contributed by atoms with E-state index in [9.17, 15) is 0 Å². The minimum Gasteiger partial charge on any atom is -0.457 e. The quantitative estimate of drug-likeness (QED) is 0.159. The van der Waals surface area contributed by atoms with Gasteiger partial charge < -0.3 is 14.5 Å². The molecule has 0 saturated heterocycles. The maximum absolute atomic E-state index is 6.95. The Bertz CT molecular complexity index is 4560. The van der Waals surface area contributed by atoms with Crippen molar-refractivity contribution < 1.29 is 4.74 Å². The van der Waals surface area contributed by atoms with Gasteiger partial charge in [-0.2, -0.15) is 0 Å². The van der Waals surface area contributed by atoms with E-state index in [0.717, 1.165) is 50.8 Å². The van der Waals surface area contributed by atoms with E-state index in [1.54, 1.807) is 0 Å². The fourth-order valence-corrected chi connectivity index (χ4v) is 14.0. The first-order chi connectivity index (χ1) is 40.5. The van der Waals surface area contributed by atoms with Gasteiger partial charge in [0.15, 0.2) is 0 Å². The molecule has 5 heteroatoms. The number of nitrogens with zero attached hydrogens (tertiary/aromatic N) is 4. The highest BCUT2D eigenvalue weighted by Gasteiger charge is 2.51. The van der Waals surface area contributed by atoms with Crippen LogP contribution >= 0.6 is 0 Å². The highest BCUT2D eigenvalue weighted by Crippen LogP contribution is 2.63. The van der Waals surface area contributed by atoms with E-state index in [4.69, 9.17) is 9.72 Å². The van der Waals surface area contributed by atoms with Crippen LogP contribution in [0.5, 0.6) is 11.5 Å². The second kappa shape index (κ2) is 18.8. The Hall–Kier alpha value is -9.45. The molecule has 0 radical (unpaired) electrons. The number of hydrogen-bond acceptors (Lipinski definition) is 4. The number of ether oxygens (including phenoxy) is 1. The lowest BCUT2D eigenvalue weighted by atomic mass is 9.70. The molecule has 0 N–H and O–H groups in total. The maximum atomic E-state index is 6.95. The first kappa shape index (κ1) is 51.4.